The van der Waals surface area contributed by atoms with E-state index in [1.165, 1.54) is 0 Å². The van der Waals surface area contributed by atoms with Crippen LogP contribution in [0.15, 0.2) is 0 Å². The summed E-state index contributed by atoms with van der Waals surface area (Å²) < 4.78 is 47.2. The van der Waals surface area contributed by atoms with Gasteiger partial charge in [0, 0.05) is 19.4 Å². The zero-order valence-corrected chi connectivity index (χ0v) is 20.4. The minimum atomic E-state index is -2.75. The Morgan fingerprint density at radius 2 is 1.67 bits per heavy atom. The van der Waals surface area contributed by atoms with Gasteiger partial charge in [0.15, 0.2) is 8.32 Å². The summed E-state index contributed by atoms with van der Waals surface area (Å²) in [4.78, 5) is 0. The fourth-order valence-corrected chi connectivity index (χ4v) is 3.64. The lowest BCUT2D eigenvalue weighted by Crippen LogP contribution is -2.40. The Bertz CT molecular complexity index is 537. The molecule has 0 saturated heterocycles. The molecule has 160 valence electrons. The van der Waals surface area contributed by atoms with E-state index in [1.54, 1.807) is 0 Å². The first-order valence-corrected chi connectivity index (χ1v) is 13.7. The van der Waals surface area contributed by atoms with Crippen LogP contribution in [0.3, 0.4) is 0 Å². The number of nitrogens with one attached hydrogen (secondary N) is 1. The van der Waals surface area contributed by atoms with E-state index < -0.39 is 36.0 Å². The minimum absolute atomic E-state index is 0.165. The maximum atomic E-state index is 13.2. The van der Waals surface area contributed by atoms with Gasteiger partial charge >= 0.3 is 0 Å². The summed E-state index contributed by atoms with van der Waals surface area (Å²) in [6, 6.07) is -0.503. The SMILES string of the molecule is CC(F)(F)CC[C@@H](C#CCCCO[Si](C)(C)C(C)(C)C)NS(=O)C(C)(C)C. The summed E-state index contributed by atoms with van der Waals surface area (Å²) in [6.45, 7) is 18.1. The molecule has 0 fully saturated rings. The molecule has 0 spiro atoms. The minimum Gasteiger partial charge on any atom is -0.417 e. The highest BCUT2D eigenvalue weighted by Gasteiger charge is 2.36. The second-order valence-corrected chi connectivity index (χ2v) is 16.5. The molecule has 3 nitrogen and oxygen atoms in total. The van der Waals surface area contributed by atoms with Gasteiger partial charge in [0.25, 0.3) is 0 Å². The van der Waals surface area contributed by atoms with Gasteiger partial charge in [0.1, 0.15) is 0 Å². The third-order valence-electron chi connectivity index (χ3n) is 4.67. The van der Waals surface area contributed by atoms with Gasteiger partial charge in [0.05, 0.1) is 21.8 Å². The summed E-state index contributed by atoms with van der Waals surface area (Å²) >= 11 is 0. The third-order valence-corrected chi connectivity index (χ3v) is 10.8. The van der Waals surface area contributed by atoms with Crippen LogP contribution in [0, 0.1) is 11.8 Å². The van der Waals surface area contributed by atoms with E-state index >= 15 is 0 Å². The Balaban J connectivity index is 4.65. The molecule has 0 bridgehead atoms. The van der Waals surface area contributed by atoms with Crippen LogP contribution >= 0.6 is 0 Å². The third kappa shape index (κ3) is 12.0. The Morgan fingerprint density at radius 1 is 1.11 bits per heavy atom. The number of unbranched alkanes of at least 4 members (excludes halogenated alkanes) is 1. The Labute approximate surface area is 169 Å². The molecule has 27 heavy (non-hydrogen) atoms. The highest BCUT2D eigenvalue weighted by atomic mass is 32.2. The van der Waals surface area contributed by atoms with Crippen molar-refractivity contribution in [3.05, 3.63) is 0 Å². The molecule has 0 aromatic carbocycles. The quantitative estimate of drug-likeness (QED) is 0.296. The van der Waals surface area contributed by atoms with E-state index in [1.807, 2.05) is 20.8 Å². The zero-order valence-electron chi connectivity index (χ0n) is 18.6. The summed E-state index contributed by atoms with van der Waals surface area (Å²) in [5, 5.41) is 0.177. The fraction of sp³-hybridized carbons (Fsp3) is 0.900. The monoisotopic (exact) mass is 423 g/mol. The van der Waals surface area contributed by atoms with E-state index in [0.717, 1.165) is 13.3 Å². The molecule has 2 atom stereocenters. The van der Waals surface area contributed by atoms with Crippen molar-refractivity contribution in [3.8, 4) is 11.8 Å². The van der Waals surface area contributed by atoms with Gasteiger partial charge < -0.3 is 4.43 Å². The van der Waals surface area contributed by atoms with Crippen molar-refractivity contribution in [2.75, 3.05) is 6.61 Å². The van der Waals surface area contributed by atoms with E-state index in [2.05, 4.69) is 50.4 Å². The second-order valence-electron chi connectivity index (χ2n) is 9.69. The molecule has 0 radical (unpaired) electrons. The van der Waals surface area contributed by atoms with E-state index in [9.17, 15) is 13.0 Å². The molecule has 0 amide bonds. The summed E-state index contributed by atoms with van der Waals surface area (Å²) in [7, 11) is -3.09. The predicted molar refractivity (Wildman–Crippen MR) is 115 cm³/mol. The lowest BCUT2D eigenvalue weighted by atomic mass is 10.1. The molecule has 0 aliphatic rings. The average Bonchev–Trinajstić information content (AvgIpc) is 2.44. The zero-order chi connectivity index (χ0) is 21.5. The normalized spacial score (nSPS) is 15.8. The molecule has 0 rings (SSSR count). The molecule has 0 heterocycles. The van der Waals surface area contributed by atoms with Crippen LogP contribution in [0.4, 0.5) is 8.78 Å². The van der Waals surface area contributed by atoms with Crippen LogP contribution in [0.25, 0.3) is 0 Å². The van der Waals surface area contributed by atoms with Crippen LogP contribution in [0.2, 0.25) is 18.1 Å². The summed E-state index contributed by atoms with van der Waals surface area (Å²) in [5.41, 5.74) is 0. The number of alkyl halides is 2. The second kappa shape index (κ2) is 10.5. The Morgan fingerprint density at radius 3 is 2.11 bits per heavy atom. The summed E-state index contributed by atoms with van der Waals surface area (Å²) in [6.07, 6.45) is 1.32. The van der Waals surface area contributed by atoms with Crippen LogP contribution in [-0.2, 0) is 15.4 Å². The first-order valence-electron chi connectivity index (χ1n) is 9.64. The molecule has 0 aromatic rings. The van der Waals surface area contributed by atoms with Gasteiger partial charge in [-0.2, -0.15) is 0 Å². The first-order chi connectivity index (χ1) is 12.0. The highest BCUT2D eigenvalue weighted by Crippen LogP contribution is 2.36. The predicted octanol–water partition coefficient (Wildman–Crippen LogP) is 5.65. The topological polar surface area (TPSA) is 38.3 Å². The molecule has 7 heteroatoms. The number of rotatable bonds is 9. The Hall–Kier alpha value is -0.293. The molecule has 0 aliphatic carbocycles. The van der Waals surface area contributed by atoms with Crippen molar-refractivity contribution < 1.29 is 17.4 Å². The van der Waals surface area contributed by atoms with Crippen molar-refractivity contribution >= 4 is 19.3 Å². The average molecular weight is 424 g/mol. The van der Waals surface area contributed by atoms with Gasteiger partial charge in [-0.25, -0.2) is 17.7 Å². The van der Waals surface area contributed by atoms with E-state index in [0.29, 0.717) is 13.0 Å². The molecule has 0 saturated carbocycles. The molecule has 0 aliphatic heterocycles. The van der Waals surface area contributed by atoms with Gasteiger partial charge in [0.2, 0.25) is 5.92 Å². The van der Waals surface area contributed by atoms with E-state index in [-0.39, 0.29) is 17.9 Å². The van der Waals surface area contributed by atoms with Crippen molar-refractivity contribution in [1.29, 1.82) is 0 Å². The van der Waals surface area contributed by atoms with Crippen molar-refractivity contribution in [2.45, 2.75) is 109 Å². The van der Waals surface area contributed by atoms with Gasteiger partial charge in [-0.15, -0.1) is 5.92 Å². The van der Waals surface area contributed by atoms with Crippen molar-refractivity contribution in [1.82, 2.24) is 4.72 Å². The van der Waals surface area contributed by atoms with Crippen LogP contribution in [0.1, 0.15) is 74.1 Å². The van der Waals surface area contributed by atoms with Gasteiger partial charge in [-0.05, 0) is 58.7 Å². The van der Waals surface area contributed by atoms with E-state index in [4.69, 9.17) is 4.43 Å². The Kier molecular flexibility index (Phi) is 10.4. The maximum Gasteiger partial charge on any atom is 0.245 e. The number of hydrogen-bond donors (Lipinski definition) is 1. The highest BCUT2D eigenvalue weighted by molar-refractivity contribution is 7.84. The molecule has 1 N–H and O–H groups in total. The largest absolute Gasteiger partial charge is 0.417 e. The molecule has 1 unspecified atom stereocenters. The lowest BCUT2D eigenvalue weighted by Gasteiger charge is -2.36. The molecular weight excluding hydrogens is 384 g/mol. The fourth-order valence-electron chi connectivity index (χ4n) is 1.76. The molecular formula is C20H39F2NO2SSi. The number of halogens is 2. The number of hydrogen-bond acceptors (Lipinski definition) is 2. The van der Waals surface area contributed by atoms with Crippen LogP contribution < -0.4 is 4.72 Å². The smallest absolute Gasteiger partial charge is 0.245 e. The van der Waals surface area contributed by atoms with Gasteiger partial charge in [-0.1, -0.05) is 26.7 Å². The van der Waals surface area contributed by atoms with Crippen molar-refractivity contribution in [2.24, 2.45) is 0 Å². The molecule has 0 aromatic heterocycles. The lowest BCUT2D eigenvalue weighted by molar-refractivity contribution is 0.0101. The van der Waals surface area contributed by atoms with Crippen molar-refractivity contribution in [3.63, 3.8) is 0 Å². The van der Waals surface area contributed by atoms with Gasteiger partial charge in [-0.3, -0.25) is 0 Å². The van der Waals surface area contributed by atoms with Crippen LogP contribution in [-0.4, -0.2) is 35.8 Å². The maximum absolute atomic E-state index is 13.2. The summed E-state index contributed by atoms with van der Waals surface area (Å²) in [5.74, 6) is 3.29. The first kappa shape index (κ1) is 26.7. The standard InChI is InChI=1S/C20H39F2NO2SSi/c1-18(2,3)26(24)23-17(14-15-20(7,21)22)13-11-10-12-16-25-27(8,9)19(4,5)6/h17,23H,10,12,14-16H2,1-9H3/t17-,26?/m1/s1. The van der Waals surface area contributed by atoms with Crippen LogP contribution in [0.5, 0.6) is 0 Å².